The first-order chi connectivity index (χ1) is 13.7. The molecule has 1 aliphatic rings. The zero-order chi connectivity index (χ0) is 21.2. The summed E-state index contributed by atoms with van der Waals surface area (Å²) >= 11 is 0. The van der Waals surface area contributed by atoms with Crippen LogP contribution in [-0.2, 0) is 21.4 Å². The Hall–Kier alpha value is -2.79. The minimum atomic E-state index is -3.53. The van der Waals surface area contributed by atoms with Crippen molar-refractivity contribution in [2.75, 3.05) is 18.4 Å². The molecule has 1 fully saturated rings. The molecular weight excluding hydrogens is 398 g/mol. The van der Waals surface area contributed by atoms with Crippen LogP contribution >= 0.6 is 0 Å². The fourth-order valence-electron chi connectivity index (χ4n) is 3.41. The fourth-order valence-corrected chi connectivity index (χ4v) is 4.92. The van der Waals surface area contributed by atoms with Gasteiger partial charge in [-0.3, -0.25) is 19.6 Å². The number of nitro groups is 1. The van der Waals surface area contributed by atoms with Crippen LogP contribution in [0.2, 0.25) is 0 Å². The number of aryl methyl sites for hydroxylation is 1. The number of nitrogens with zero attached hydrogens (tertiary/aromatic N) is 4. The van der Waals surface area contributed by atoms with Crippen LogP contribution in [0.5, 0.6) is 0 Å². The molecule has 0 saturated carbocycles. The van der Waals surface area contributed by atoms with Crippen molar-refractivity contribution in [3.63, 3.8) is 0 Å². The van der Waals surface area contributed by atoms with Crippen molar-refractivity contribution in [2.24, 2.45) is 0 Å². The third-order valence-corrected chi connectivity index (χ3v) is 6.82. The smallest absolute Gasteiger partial charge is 0.312 e. The van der Waals surface area contributed by atoms with Gasteiger partial charge >= 0.3 is 5.69 Å². The van der Waals surface area contributed by atoms with Gasteiger partial charge in [-0.1, -0.05) is 6.42 Å². The first-order valence-electron chi connectivity index (χ1n) is 9.28. The molecular formula is C18H23N5O5S. The standard InChI is InChI=1S/C18H23N5O5S/c1-13-18(23(25)26)14(2)22(20-13)12-17(24)19-15-6-8-16(9-7-15)29(27,28)21-10-4-3-5-11-21/h6-9H,3-5,10-12H2,1-2H3,(H,19,24). The Kier molecular flexibility index (Phi) is 5.99. The first-order valence-corrected chi connectivity index (χ1v) is 10.7. The molecule has 3 rings (SSSR count). The van der Waals surface area contributed by atoms with Gasteiger partial charge in [-0.05, 0) is 51.0 Å². The van der Waals surface area contributed by atoms with Crippen LogP contribution < -0.4 is 5.32 Å². The van der Waals surface area contributed by atoms with Crippen LogP contribution in [0.1, 0.15) is 30.7 Å². The largest absolute Gasteiger partial charge is 0.324 e. The molecule has 156 valence electrons. The van der Waals surface area contributed by atoms with E-state index in [0.29, 0.717) is 24.5 Å². The molecule has 0 atom stereocenters. The van der Waals surface area contributed by atoms with Gasteiger partial charge in [0.25, 0.3) is 0 Å². The molecule has 1 saturated heterocycles. The normalized spacial score (nSPS) is 15.2. The molecule has 0 aliphatic carbocycles. The number of rotatable bonds is 6. The van der Waals surface area contributed by atoms with Crippen molar-refractivity contribution in [1.29, 1.82) is 0 Å². The SMILES string of the molecule is Cc1nn(CC(=O)Nc2ccc(S(=O)(=O)N3CCCCC3)cc2)c(C)c1[N+](=O)[O-]. The Morgan fingerprint density at radius 2 is 1.79 bits per heavy atom. The Balaban J connectivity index is 1.68. The van der Waals surface area contributed by atoms with E-state index in [-0.39, 0.29) is 22.8 Å². The monoisotopic (exact) mass is 421 g/mol. The first kappa shape index (κ1) is 20.9. The molecule has 2 aromatic rings. The average Bonchev–Trinajstić information content (AvgIpc) is 2.96. The number of piperidine rings is 1. The molecule has 1 aromatic carbocycles. The maximum absolute atomic E-state index is 12.7. The van der Waals surface area contributed by atoms with Crippen LogP contribution in [0.15, 0.2) is 29.2 Å². The van der Waals surface area contributed by atoms with Crippen molar-refractivity contribution in [2.45, 2.75) is 44.6 Å². The van der Waals surface area contributed by atoms with Gasteiger partial charge in [0.2, 0.25) is 15.9 Å². The molecule has 10 nitrogen and oxygen atoms in total. The van der Waals surface area contributed by atoms with E-state index in [1.54, 1.807) is 0 Å². The van der Waals surface area contributed by atoms with E-state index in [1.807, 2.05) is 0 Å². The van der Waals surface area contributed by atoms with Gasteiger partial charge in [0, 0.05) is 18.8 Å². The van der Waals surface area contributed by atoms with E-state index in [9.17, 15) is 23.3 Å². The number of aromatic nitrogens is 2. The number of benzene rings is 1. The highest BCUT2D eigenvalue weighted by Crippen LogP contribution is 2.23. The highest BCUT2D eigenvalue weighted by atomic mass is 32.2. The lowest BCUT2D eigenvalue weighted by molar-refractivity contribution is -0.386. The van der Waals surface area contributed by atoms with Crippen molar-refractivity contribution in [1.82, 2.24) is 14.1 Å². The molecule has 2 heterocycles. The minimum absolute atomic E-state index is 0.106. The Bertz CT molecular complexity index is 1020. The molecule has 29 heavy (non-hydrogen) atoms. The predicted molar refractivity (Wildman–Crippen MR) is 106 cm³/mol. The summed E-state index contributed by atoms with van der Waals surface area (Å²) in [6.45, 7) is 3.91. The maximum Gasteiger partial charge on any atom is 0.312 e. The zero-order valence-corrected chi connectivity index (χ0v) is 17.1. The van der Waals surface area contributed by atoms with E-state index >= 15 is 0 Å². The topological polar surface area (TPSA) is 127 Å². The number of hydrogen-bond donors (Lipinski definition) is 1. The third kappa shape index (κ3) is 4.46. The predicted octanol–water partition coefficient (Wildman–Crippen LogP) is 2.22. The van der Waals surface area contributed by atoms with Crippen molar-refractivity contribution >= 4 is 27.3 Å². The number of anilines is 1. The second-order valence-corrected chi connectivity index (χ2v) is 8.91. The lowest BCUT2D eigenvalue weighted by Gasteiger charge is -2.25. The summed E-state index contributed by atoms with van der Waals surface area (Å²) in [5.74, 6) is -0.419. The molecule has 0 unspecified atom stereocenters. The summed E-state index contributed by atoms with van der Waals surface area (Å²) in [5, 5.41) is 17.8. The zero-order valence-electron chi connectivity index (χ0n) is 16.3. The van der Waals surface area contributed by atoms with Crippen molar-refractivity contribution in [3.8, 4) is 0 Å². The van der Waals surface area contributed by atoms with Gasteiger partial charge in [-0.15, -0.1) is 0 Å². The van der Waals surface area contributed by atoms with E-state index in [1.165, 1.54) is 47.1 Å². The molecule has 11 heteroatoms. The molecule has 1 N–H and O–H groups in total. The third-order valence-electron chi connectivity index (χ3n) is 4.91. The summed E-state index contributed by atoms with van der Waals surface area (Å²) in [7, 11) is -3.53. The van der Waals surface area contributed by atoms with Crippen LogP contribution in [0.3, 0.4) is 0 Å². The second-order valence-electron chi connectivity index (χ2n) is 6.97. The van der Waals surface area contributed by atoms with Crippen LogP contribution in [0, 0.1) is 24.0 Å². The molecule has 0 spiro atoms. The van der Waals surface area contributed by atoms with Gasteiger partial charge in [-0.25, -0.2) is 8.42 Å². The van der Waals surface area contributed by atoms with Crippen LogP contribution in [0.25, 0.3) is 0 Å². The number of nitrogens with one attached hydrogen (secondary N) is 1. The van der Waals surface area contributed by atoms with E-state index < -0.39 is 20.9 Å². The highest BCUT2D eigenvalue weighted by Gasteiger charge is 2.26. The Morgan fingerprint density at radius 3 is 2.34 bits per heavy atom. The molecule has 1 aromatic heterocycles. The Morgan fingerprint density at radius 1 is 1.17 bits per heavy atom. The Labute approximate surface area is 168 Å². The lowest BCUT2D eigenvalue weighted by atomic mass is 10.2. The summed E-state index contributed by atoms with van der Waals surface area (Å²) in [6, 6.07) is 5.98. The molecule has 0 radical (unpaired) electrons. The number of carbonyl (C=O) groups excluding carboxylic acids is 1. The van der Waals surface area contributed by atoms with Gasteiger partial charge in [0.05, 0.1) is 9.82 Å². The number of carbonyl (C=O) groups is 1. The van der Waals surface area contributed by atoms with E-state index in [0.717, 1.165) is 19.3 Å². The van der Waals surface area contributed by atoms with Gasteiger partial charge < -0.3 is 5.32 Å². The van der Waals surface area contributed by atoms with E-state index in [4.69, 9.17) is 0 Å². The summed E-state index contributed by atoms with van der Waals surface area (Å²) in [4.78, 5) is 23.0. The average molecular weight is 421 g/mol. The maximum atomic E-state index is 12.7. The molecule has 1 amide bonds. The molecule has 1 aliphatic heterocycles. The summed E-state index contributed by atoms with van der Waals surface area (Å²) in [6.07, 6.45) is 2.76. The fraction of sp³-hybridized carbons (Fsp3) is 0.444. The number of amides is 1. The van der Waals surface area contributed by atoms with Crippen molar-refractivity contribution in [3.05, 3.63) is 45.8 Å². The van der Waals surface area contributed by atoms with Gasteiger partial charge in [0.15, 0.2) is 0 Å². The van der Waals surface area contributed by atoms with Gasteiger partial charge in [-0.2, -0.15) is 9.40 Å². The minimum Gasteiger partial charge on any atom is -0.324 e. The van der Waals surface area contributed by atoms with Crippen molar-refractivity contribution < 1.29 is 18.1 Å². The lowest BCUT2D eigenvalue weighted by Crippen LogP contribution is -2.35. The van der Waals surface area contributed by atoms with E-state index in [2.05, 4.69) is 10.4 Å². The van der Waals surface area contributed by atoms with Crippen LogP contribution in [0.4, 0.5) is 11.4 Å². The van der Waals surface area contributed by atoms with Gasteiger partial charge in [0.1, 0.15) is 17.9 Å². The quantitative estimate of drug-likeness (QED) is 0.563. The van der Waals surface area contributed by atoms with Crippen LogP contribution in [-0.4, -0.2) is 46.4 Å². The number of sulfonamides is 1. The number of hydrogen-bond acceptors (Lipinski definition) is 6. The molecule has 0 bridgehead atoms. The summed E-state index contributed by atoms with van der Waals surface area (Å²) < 4.78 is 28.1. The second kappa shape index (κ2) is 8.29. The highest BCUT2D eigenvalue weighted by molar-refractivity contribution is 7.89. The summed E-state index contributed by atoms with van der Waals surface area (Å²) in [5.41, 5.74) is 0.867.